The third kappa shape index (κ3) is 3.13. The van der Waals surface area contributed by atoms with Crippen molar-refractivity contribution in [1.82, 2.24) is 9.29 Å². The van der Waals surface area contributed by atoms with Crippen molar-refractivity contribution in [1.29, 1.82) is 0 Å². The first-order chi connectivity index (χ1) is 8.06. The first-order valence-electron chi connectivity index (χ1n) is 5.10. The minimum Gasteiger partial charge on any atom is -0.395 e. The molecule has 4 N–H and O–H groups in total. The quantitative estimate of drug-likeness (QED) is 0.464. The number of hydrogen-bond acceptors (Lipinski definition) is 6. The second-order valence-corrected chi connectivity index (χ2v) is 5.18. The first-order valence-corrected chi connectivity index (χ1v) is 6.54. The van der Waals surface area contributed by atoms with Crippen LogP contribution in [-0.2, 0) is 10.0 Å². The van der Waals surface area contributed by atoms with E-state index in [0.717, 1.165) is 0 Å². The molecule has 0 radical (unpaired) electrons. The number of sulfonamides is 1. The number of rotatable bonds is 6. The van der Waals surface area contributed by atoms with Gasteiger partial charge < -0.3 is 10.5 Å². The number of nitrogens with two attached hydrogens (primary N) is 1. The highest BCUT2D eigenvalue weighted by molar-refractivity contribution is 7.89. The van der Waals surface area contributed by atoms with Crippen LogP contribution in [0.5, 0.6) is 0 Å². The van der Waals surface area contributed by atoms with Crippen molar-refractivity contribution in [3.63, 3.8) is 0 Å². The Balaban J connectivity index is 3.02. The zero-order valence-corrected chi connectivity index (χ0v) is 10.3. The Bertz CT molecular complexity index is 446. The normalized spacial score (nSPS) is 11.8. The summed E-state index contributed by atoms with van der Waals surface area (Å²) in [7, 11) is -3.60. The van der Waals surface area contributed by atoms with Gasteiger partial charge in [0.2, 0.25) is 10.0 Å². The summed E-state index contributed by atoms with van der Waals surface area (Å²) in [6.45, 7) is 1.84. The largest absolute Gasteiger partial charge is 0.395 e. The van der Waals surface area contributed by atoms with Gasteiger partial charge in [-0.2, -0.15) is 4.31 Å². The molecule has 1 heterocycles. The molecule has 0 unspecified atom stereocenters. The second kappa shape index (κ2) is 5.92. The summed E-state index contributed by atoms with van der Waals surface area (Å²) in [5.41, 5.74) is 2.31. The molecular formula is C9H16N4O3S. The fourth-order valence-corrected chi connectivity index (χ4v) is 2.71. The first kappa shape index (κ1) is 13.8. The number of nitrogens with one attached hydrogen (secondary N) is 1. The topological polar surface area (TPSA) is 109 Å². The lowest BCUT2D eigenvalue weighted by Crippen LogP contribution is -2.33. The van der Waals surface area contributed by atoms with Crippen LogP contribution in [0.25, 0.3) is 0 Å². The molecule has 0 bridgehead atoms. The van der Waals surface area contributed by atoms with Crippen LogP contribution in [0.3, 0.4) is 0 Å². The monoisotopic (exact) mass is 260 g/mol. The molecule has 96 valence electrons. The van der Waals surface area contributed by atoms with E-state index < -0.39 is 10.0 Å². The molecule has 17 heavy (non-hydrogen) atoms. The van der Waals surface area contributed by atoms with Crippen molar-refractivity contribution < 1.29 is 13.5 Å². The lowest BCUT2D eigenvalue weighted by atomic mass is 10.5. The number of nitrogens with zero attached hydrogens (tertiary/aromatic N) is 2. The molecule has 1 aromatic heterocycles. The van der Waals surface area contributed by atoms with Gasteiger partial charge in [-0.1, -0.05) is 6.92 Å². The highest BCUT2D eigenvalue weighted by Crippen LogP contribution is 2.15. The maximum Gasteiger partial charge on any atom is 0.244 e. The zero-order valence-electron chi connectivity index (χ0n) is 9.50. The second-order valence-electron chi connectivity index (χ2n) is 3.24. The van der Waals surface area contributed by atoms with Crippen LogP contribution in [0.4, 0.5) is 5.82 Å². The number of hydrogen-bond donors (Lipinski definition) is 3. The van der Waals surface area contributed by atoms with Crippen molar-refractivity contribution in [2.45, 2.75) is 11.8 Å². The summed E-state index contributed by atoms with van der Waals surface area (Å²) >= 11 is 0. The van der Waals surface area contributed by atoms with Crippen LogP contribution < -0.4 is 11.3 Å². The summed E-state index contributed by atoms with van der Waals surface area (Å²) in [4.78, 5) is 3.91. The highest BCUT2D eigenvalue weighted by atomic mass is 32.2. The van der Waals surface area contributed by atoms with Gasteiger partial charge in [-0.15, -0.1) is 0 Å². The number of likely N-dealkylation sites (N-methyl/N-ethyl adjacent to an activating group) is 1. The van der Waals surface area contributed by atoms with E-state index >= 15 is 0 Å². The van der Waals surface area contributed by atoms with Gasteiger partial charge in [-0.05, 0) is 12.1 Å². The van der Waals surface area contributed by atoms with Crippen LogP contribution in [-0.4, -0.2) is 42.5 Å². The third-order valence-electron chi connectivity index (χ3n) is 2.22. The van der Waals surface area contributed by atoms with Crippen molar-refractivity contribution in [3.05, 3.63) is 18.3 Å². The van der Waals surface area contributed by atoms with Gasteiger partial charge in [-0.3, -0.25) is 0 Å². The van der Waals surface area contributed by atoms with Crippen molar-refractivity contribution in [2.75, 3.05) is 25.1 Å². The molecule has 0 amide bonds. The summed E-state index contributed by atoms with van der Waals surface area (Å²) in [6.07, 6.45) is 1.23. The Labute approximate surface area is 100 Å². The number of pyridine rings is 1. The van der Waals surface area contributed by atoms with Gasteiger partial charge in [0, 0.05) is 19.3 Å². The molecular weight excluding hydrogens is 244 g/mol. The Morgan fingerprint density at radius 2 is 2.24 bits per heavy atom. The lowest BCUT2D eigenvalue weighted by molar-refractivity contribution is 0.257. The average molecular weight is 260 g/mol. The van der Waals surface area contributed by atoms with Gasteiger partial charge in [0.15, 0.2) is 0 Å². The Kier molecular flexibility index (Phi) is 4.82. The highest BCUT2D eigenvalue weighted by Gasteiger charge is 2.22. The van der Waals surface area contributed by atoms with Gasteiger partial charge in [0.1, 0.15) is 10.7 Å². The maximum absolute atomic E-state index is 12.1. The minimum absolute atomic E-state index is 0.0652. The third-order valence-corrected chi connectivity index (χ3v) is 4.18. The van der Waals surface area contributed by atoms with Gasteiger partial charge in [-0.25, -0.2) is 19.2 Å². The number of aliphatic hydroxyl groups excluding tert-OH is 1. The number of nitrogen functional groups attached to an aromatic ring is 1. The molecule has 8 heteroatoms. The van der Waals surface area contributed by atoms with E-state index in [2.05, 4.69) is 10.4 Å². The average Bonchev–Trinajstić information content (AvgIpc) is 2.35. The molecule has 7 nitrogen and oxygen atoms in total. The molecule has 0 saturated carbocycles. The van der Waals surface area contributed by atoms with E-state index in [1.54, 1.807) is 6.92 Å². The van der Waals surface area contributed by atoms with Gasteiger partial charge in [0.25, 0.3) is 0 Å². The zero-order chi connectivity index (χ0) is 12.9. The van der Waals surface area contributed by atoms with E-state index in [-0.39, 0.29) is 18.0 Å². The SMILES string of the molecule is CCN(CCO)S(=O)(=O)c1ccc(NN)nc1. The summed E-state index contributed by atoms with van der Waals surface area (Å²) in [5.74, 6) is 5.52. The number of aromatic nitrogens is 1. The van der Waals surface area contributed by atoms with Crippen molar-refractivity contribution in [2.24, 2.45) is 5.84 Å². The molecule has 1 aromatic rings. The predicted octanol–water partition coefficient (Wildman–Crippen LogP) is -0.630. The van der Waals surface area contributed by atoms with Crippen molar-refractivity contribution >= 4 is 15.8 Å². The minimum atomic E-state index is -3.60. The van der Waals surface area contributed by atoms with Gasteiger partial charge in [0.05, 0.1) is 6.61 Å². The standard InChI is InChI=1S/C9H16N4O3S/c1-2-13(5-6-14)17(15,16)8-3-4-9(12-10)11-7-8/h3-4,7,14H,2,5-6,10H2,1H3,(H,11,12). The smallest absolute Gasteiger partial charge is 0.244 e. The molecule has 0 atom stereocenters. The van der Waals surface area contributed by atoms with E-state index in [0.29, 0.717) is 12.4 Å². The van der Waals surface area contributed by atoms with Crippen molar-refractivity contribution in [3.8, 4) is 0 Å². The van der Waals surface area contributed by atoms with Crippen LogP contribution >= 0.6 is 0 Å². The van der Waals surface area contributed by atoms with Crippen LogP contribution in [0.2, 0.25) is 0 Å². The van der Waals surface area contributed by atoms with Crippen LogP contribution in [0.1, 0.15) is 6.92 Å². The molecule has 0 fully saturated rings. The van der Waals surface area contributed by atoms with E-state index in [1.165, 1.54) is 22.6 Å². The summed E-state index contributed by atoms with van der Waals surface area (Å²) < 4.78 is 25.3. The molecule has 0 aliphatic rings. The molecule has 1 rings (SSSR count). The summed E-state index contributed by atoms with van der Waals surface area (Å²) in [5, 5.41) is 8.81. The molecule has 0 saturated heterocycles. The lowest BCUT2D eigenvalue weighted by Gasteiger charge is -2.19. The molecule has 0 aliphatic heterocycles. The fraction of sp³-hybridized carbons (Fsp3) is 0.444. The fourth-order valence-electron chi connectivity index (χ4n) is 1.33. The van der Waals surface area contributed by atoms with E-state index in [1.807, 2.05) is 0 Å². The molecule has 0 aliphatic carbocycles. The Hall–Kier alpha value is -1.22. The van der Waals surface area contributed by atoms with E-state index in [9.17, 15) is 8.42 Å². The van der Waals surface area contributed by atoms with Gasteiger partial charge >= 0.3 is 0 Å². The number of anilines is 1. The Morgan fingerprint density at radius 1 is 1.53 bits per heavy atom. The number of aliphatic hydroxyl groups is 1. The van der Waals surface area contributed by atoms with E-state index in [4.69, 9.17) is 10.9 Å². The molecule has 0 aromatic carbocycles. The van der Waals surface area contributed by atoms with Crippen LogP contribution in [0.15, 0.2) is 23.2 Å². The number of hydrazine groups is 1. The van der Waals surface area contributed by atoms with Crippen LogP contribution in [0, 0.1) is 0 Å². The maximum atomic E-state index is 12.1. The Morgan fingerprint density at radius 3 is 2.65 bits per heavy atom. The molecule has 0 spiro atoms. The predicted molar refractivity (Wildman–Crippen MR) is 63.6 cm³/mol. The summed E-state index contributed by atoms with van der Waals surface area (Å²) in [6, 6.07) is 2.89.